The molecule has 1 rings (SSSR count). The minimum Gasteiger partial charge on any atom is -0.198 e. The zero-order chi connectivity index (χ0) is 10.7. The van der Waals surface area contributed by atoms with E-state index in [0.29, 0.717) is 6.42 Å². The average Bonchev–Trinajstić information content (AvgIpc) is 2.15. The first-order valence-corrected chi connectivity index (χ1v) is 5.01. The van der Waals surface area contributed by atoms with Crippen molar-refractivity contribution in [1.29, 1.82) is 5.26 Å². The molecule has 0 saturated heterocycles. The minimum atomic E-state index is 0.616. The van der Waals surface area contributed by atoms with Gasteiger partial charge in [0.15, 0.2) is 0 Å². The fourth-order valence-corrected chi connectivity index (χ4v) is 1.85. The van der Waals surface area contributed by atoms with Gasteiger partial charge in [0.2, 0.25) is 0 Å². The predicted octanol–water partition coefficient (Wildman–Crippen LogP) is 3.38. The third kappa shape index (κ3) is 1.96. The molecule has 1 nitrogen and oxygen atoms in total. The van der Waals surface area contributed by atoms with E-state index in [1.54, 1.807) is 0 Å². The molecule has 0 spiro atoms. The first-order chi connectivity index (χ1) is 6.57. The van der Waals surface area contributed by atoms with Crippen LogP contribution in [0.3, 0.4) is 0 Å². The van der Waals surface area contributed by atoms with Gasteiger partial charge >= 0.3 is 0 Å². The minimum absolute atomic E-state index is 0.616. The molecule has 1 aromatic rings. The molecular formula is C13H17N. The lowest BCUT2D eigenvalue weighted by Crippen LogP contribution is -1.98. The van der Waals surface area contributed by atoms with Gasteiger partial charge in [-0.1, -0.05) is 6.07 Å². The van der Waals surface area contributed by atoms with Crippen LogP contribution in [0.15, 0.2) is 6.07 Å². The van der Waals surface area contributed by atoms with E-state index in [9.17, 15) is 0 Å². The van der Waals surface area contributed by atoms with E-state index in [1.165, 1.54) is 27.8 Å². The highest BCUT2D eigenvalue weighted by molar-refractivity contribution is 5.44. The molecule has 0 radical (unpaired) electrons. The van der Waals surface area contributed by atoms with Gasteiger partial charge in [0.1, 0.15) is 0 Å². The van der Waals surface area contributed by atoms with Crippen molar-refractivity contribution >= 4 is 0 Å². The molecule has 0 bridgehead atoms. The lowest BCUT2D eigenvalue weighted by Gasteiger charge is -2.13. The van der Waals surface area contributed by atoms with Crippen LogP contribution in [-0.4, -0.2) is 0 Å². The smallest absolute Gasteiger partial charge is 0.0625 e. The Morgan fingerprint density at radius 3 is 2.00 bits per heavy atom. The van der Waals surface area contributed by atoms with Crippen LogP contribution in [0, 0.1) is 39.0 Å². The maximum atomic E-state index is 8.60. The van der Waals surface area contributed by atoms with Crippen LogP contribution in [0.2, 0.25) is 0 Å². The molecule has 74 valence electrons. The van der Waals surface area contributed by atoms with Gasteiger partial charge in [-0.15, -0.1) is 0 Å². The van der Waals surface area contributed by atoms with Crippen LogP contribution >= 0.6 is 0 Å². The Labute approximate surface area is 86.4 Å². The van der Waals surface area contributed by atoms with Crippen LogP contribution in [-0.2, 0) is 6.42 Å². The van der Waals surface area contributed by atoms with Gasteiger partial charge in [0, 0.05) is 6.42 Å². The predicted molar refractivity (Wildman–Crippen MR) is 59.3 cm³/mol. The summed E-state index contributed by atoms with van der Waals surface area (Å²) in [5, 5.41) is 8.60. The van der Waals surface area contributed by atoms with Crippen molar-refractivity contribution in [3.63, 3.8) is 0 Å². The fraction of sp³-hybridized carbons (Fsp3) is 0.462. The molecule has 0 N–H and O–H groups in total. The fourth-order valence-electron chi connectivity index (χ4n) is 1.85. The monoisotopic (exact) mass is 187 g/mol. The maximum Gasteiger partial charge on any atom is 0.0625 e. The number of hydrogen-bond donors (Lipinski definition) is 0. The number of aryl methyl sites for hydroxylation is 2. The summed E-state index contributed by atoms with van der Waals surface area (Å²) in [6.07, 6.45) is 1.50. The molecule has 0 atom stereocenters. The third-order valence-corrected chi connectivity index (χ3v) is 3.01. The van der Waals surface area contributed by atoms with Crippen LogP contribution in [0.1, 0.15) is 34.2 Å². The summed E-state index contributed by atoms with van der Waals surface area (Å²) < 4.78 is 0. The normalized spacial score (nSPS) is 9.93. The van der Waals surface area contributed by atoms with Crippen molar-refractivity contribution in [2.75, 3.05) is 0 Å². The van der Waals surface area contributed by atoms with E-state index in [2.05, 4.69) is 39.8 Å². The van der Waals surface area contributed by atoms with Gasteiger partial charge < -0.3 is 0 Å². The lowest BCUT2D eigenvalue weighted by molar-refractivity contribution is 0.968. The lowest BCUT2D eigenvalue weighted by atomic mass is 9.92. The molecule has 0 saturated carbocycles. The van der Waals surface area contributed by atoms with E-state index in [-0.39, 0.29) is 0 Å². The molecule has 0 aliphatic carbocycles. The quantitative estimate of drug-likeness (QED) is 0.696. The largest absolute Gasteiger partial charge is 0.198 e. The van der Waals surface area contributed by atoms with E-state index in [1.807, 2.05) is 0 Å². The number of rotatable bonds is 2. The highest BCUT2D eigenvalue weighted by Crippen LogP contribution is 2.22. The molecule has 0 aromatic heterocycles. The number of nitrogens with zero attached hydrogens (tertiary/aromatic N) is 1. The van der Waals surface area contributed by atoms with Crippen molar-refractivity contribution in [3.05, 3.63) is 33.9 Å². The molecule has 1 heteroatoms. The molecule has 0 heterocycles. The van der Waals surface area contributed by atoms with Crippen LogP contribution in [0.25, 0.3) is 0 Å². The molecule has 0 fully saturated rings. The Morgan fingerprint density at radius 1 is 1.07 bits per heavy atom. The second-order valence-corrected chi connectivity index (χ2v) is 3.90. The Balaban J connectivity index is 3.19. The molecule has 14 heavy (non-hydrogen) atoms. The van der Waals surface area contributed by atoms with E-state index < -0.39 is 0 Å². The van der Waals surface area contributed by atoms with E-state index in [4.69, 9.17) is 5.26 Å². The topological polar surface area (TPSA) is 23.8 Å². The number of benzene rings is 1. The van der Waals surface area contributed by atoms with Crippen molar-refractivity contribution < 1.29 is 0 Å². The van der Waals surface area contributed by atoms with Crippen LogP contribution in [0.4, 0.5) is 0 Å². The van der Waals surface area contributed by atoms with Crippen molar-refractivity contribution in [3.8, 4) is 6.07 Å². The van der Waals surface area contributed by atoms with Gasteiger partial charge in [0.05, 0.1) is 6.07 Å². The number of hydrogen-bond acceptors (Lipinski definition) is 1. The second-order valence-electron chi connectivity index (χ2n) is 3.90. The second kappa shape index (κ2) is 4.28. The summed E-state index contributed by atoms with van der Waals surface area (Å²) in [5.74, 6) is 0. The van der Waals surface area contributed by atoms with Crippen molar-refractivity contribution in [2.24, 2.45) is 0 Å². The summed E-state index contributed by atoms with van der Waals surface area (Å²) in [6.45, 7) is 8.57. The Kier molecular flexibility index (Phi) is 3.30. The zero-order valence-corrected chi connectivity index (χ0v) is 9.44. The highest BCUT2D eigenvalue weighted by atomic mass is 14.2. The Bertz CT molecular complexity index is 357. The molecule has 0 amide bonds. The molecule has 0 aliphatic rings. The zero-order valence-electron chi connectivity index (χ0n) is 9.44. The van der Waals surface area contributed by atoms with Crippen molar-refractivity contribution in [1.82, 2.24) is 0 Å². The van der Waals surface area contributed by atoms with Crippen LogP contribution < -0.4 is 0 Å². The summed E-state index contributed by atoms with van der Waals surface area (Å²) in [7, 11) is 0. The van der Waals surface area contributed by atoms with Crippen molar-refractivity contribution in [2.45, 2.75) is 40.5 Å². The summed E-state index contributed by atoms with van der Waals surface area (Å²) in [4.78, 5) is 0. The van der Waals surface area contributed by atoms with Gasteiger partial charge in [0.25, 0.3) is 0 Å². The van der Waals surface area contributed by atoms with Crippen LogP contribution in [0.5, 0.6) is 0 Å². The molecule has 1 aromatic carbocycles. The van der Waals surface area contributed by atoms with Gasteiger partial charge in [-0.2, -0.15) is 5.26 Å². The first-order valence-electron chi connectivity index (χ1n) is 5.01. The Hall–Kier alpha value is -1.29. The Morgan fingerprint density at radius 2 is 1.57 bits per heavy atom. The maximum absolute atomic E-state index is 8.60. The average molecular weight is 187 g/mol. The van der Waals surface area contributed by atoms with Gasteiger partial charge in [-0.25, -0.2) is 0 Å². The standard InChI is InChI=1S/C13H17N/c1-9-8-10(2)12(4)13(11(9)3)6-5-7-14/h8H,5-6H2,1-4H3. The van der Waals surface area contributed by atoms with Gasteiger partial charge in [-0.05, 0) is 61.9 Å². The summed E-state index contributed by atoms with van der Waals surface area (Å²) in [5.41, 5.74) is 6.73. The molecular weight excluding hydrogens is 170 g/mol. The van der Waals surface area contributed by atoms with E-state index in [0.717, 1.165) is 6.42 Å². The summed E-state index contributed by atoms with van der Waals surface area (Å²) in [6, 6.07) is 4.43. The van der Waals surface area contributed by atoms with Gasteiger partial charge in [-0.3, -0.25) is 0 Å². The highest BCUT2D eigenvalue weighted by Gasteiger charge is 2.07. The number of nitriles is 1. The first kappa shape index (κ1) is 10.8. The van der Waals surface area contributed by atoms with E-state index >= 15 is 0 Å². The third-order valence-electron chi connectivity index (χ3n) is 3.01. The summed E-state index contributed by atoms with van der Waals surface area (Å²) >= 11 is 0. The molecule has 0 aliphatic heterocycles. The molecule has 0 unspecified atom stereocenters. The SMILES string of the molecule is Cc1cc(C)c(C)c(CCC#N)c1C.